The van der Waals surface area contributed by atoms with E-state index in [-0.39, 0.29) is 12.5 Å². The van der Waals surface area contributed by atoms with Crippen LogP contribution in [0.5, 0.6) is 0 Å². The number of aliphatic hydroxyl groups is 1. The van der Waals surface area contributed by atoms with Crippen molar-refractivity contribution in [2.45, 2.75) is 32.6 Å². The van der Waals surface area contributed by atoms with E-state index in [1.165, 1.54) is 12.8 Å². The van der Waals surface area contributed by atoms with Gasteiger partial charge in [0.05, 0.1) is 13.2 Å². The Morgan fingerprint density at radius 1 is 1.18 bits per heavy atom. The van der Waals surface area contributed by atoms with Gasteiger partial charge >= 0.3 is 157 Å². The molecule has 2 N–H and O–H groups in total. The Morgan fingerprint density at radius 3 is 2.61 bits per heavy atom. The molecule has 1 aromatic carbocycles. The number of anilines is 1. The summed E-state index contributed by atoms with van der Waals surface area (Å²) < 4.78 is 6.10. The van der Waals surface area contributed by atoms with Gasteiger partial charge in [-0.3, -0.25) is 0 Å². The average Bonchev–Trinajstić information content (AvgIpc) is 2.90. The Balaban J connectivity index is 1.94. The average molecular weight is 452 g/mol. The van der Waals surface area contributed by atoms with Crippen molar-refractivity contribution >= 4 is 37.9 Å². The SMILES string of the molecule is CCCCCCN1C(=O)/C(=C\c2ccc(NCCOCCO)cc2)N(C)C1=[Se]. The monoisotopic (exact) mass is 453 g/mol. The standard InChI is InChI=1S/C21H31N3O3Se/c1-3-4-5-6-12-24-20(26)19(23(2)21(24)28)16-17-7-9-18(10-8-17)22-11-14-27-15-13-25/h7-10,16,22,25H,3-6,11-15H2,1-2H3/b19-16+. The van der Waals surface area contributed by atoms with Crippen LogP contribution in [0.15, 0.2) is 30.0 Å². The van der Waals surface area contributed by atoms with Crippen molar-refractivity contribution in [2.75, 3.05) is 45.3 Å². The van der Waals surface area contributed by atoms with Crippen LogP contribution < -0.4 is 5.32 Å². The van der Waals surface area contributed by atoms with E-state index in [0.29, 0.717) is 25.5 Å². The molecule has 1 heterocycles. The first-order valence-electron chi connectivity index (χ1n) is 9.92. The molecule has 1 aliphatic rings. The first kappa shape index (κ1) is 22.6. The molecular formula is C21H31N3O3Se. The van der Waals surface area contributed by atoms with Gasteiger partial charge in [0.15, 0.2) is 0 Å². The summed E-state index contributed by atoms with van der Waals surface area (Å²) in [6, 6.07) is 7.97. The first-order chi connectivity index (χ1) is 13.6. The summed E-state index contributed by atoms with van der Waals surface area (Å²) in [5.74, 6) is 0.0518. The number of carbonyl (C=O) groups is 1. The van der Waals surface area contributed by atoms with E-state index < -0.39 is 0 Å². The summed E-state index contributed by atoms with van der Waals surface area (Å²) in [6.45, 7) is 4.57. The zero-order chi connectivity index (χ0) is 20.4. The van der Waals surface area contributed by atoms with Gasteiger partial charge in [-0.1, -0.05) is 0 Å². The third kappa shape index (κ3) is 6.45. The maximum absolute atomic E-state index is 12.8. The van der Waals surface area contributed by atoms with Gasteiger partial charge in [-0.2, -0.15) is 0 Å². The molecule has 154 valence electrons. The summed E-state index contributed by atoms with van der Waals surface area (Å²) in [5, 5.41) is 11.9. The maximum atomic E-state index is 12.8. The fraction of sp³-hybridized carbons (Fsp3) is 0.524. The number of likely N-dealkylation sites (N-methyl/N-ethyl adjacent to an activating group) is 1. The van der Waals surface area contributed by atoms with Gasteiger partial charge in [-0.25, -0.2) is 0 Å². The van der Waals surface area contributed by atoms with E-state index in [0.717, 1.165) is 35.3 Å². The zero-order valence-corrected chi connectivity index (χ0v) is 18.5. The summed E-state index contributed by atoms with van der Waals surface area (Å²) in [5.41, 5.74) is 2.66. The molecule has 1 aliphatic heterocycles. The number of ether oxygens (including phenoxy) is 1. The van der Waals surface area contributed by atoms with Crippen LogP contribution in [0.1, 0.15) is 38.2 Å². The predicted molar refractivity (Wildman–Crippen MR) is 115 cm³/mol. The van der Waals surface area contributed by atoms with Crippen LogP contribution in [0.25, 0.3) is 6.08 Å². The number of unbranched alkanes of at least 4 members (excludes halogenated alkanes) is 3. The second-order valence-corrected chi connectivity index (χ2v) is 7.54. The van der Waals surface area contributed by atoms with Gasteiger partial charge < -0.3 is 5.11 Å². The number of nitrogens with one attached hydrogen (secondary N) is 1. The molecule has 0 radical (unpaired) electrons. The molecule has 7 heteroatoms. The fourth-order valence-corrected chi connectivity index (χ4v) is 3.57. The molecule has 2 rings (SSSR count). The summed E-state index contributed by atoms with van der Waals surface area (Å²) in [6.07, 6.45) is 6.50. The Hall–Kier alpha value is -1.66. The molecular weight excluding hydrogens is 421 g/mol. The van der Waals surface area contributed by atoms with Gasteiger partial charge in [0.2, 0.25) is 0 Å². The summed E-state index contributed by atoms with van der Waals surface area (Å²) >= 11 is 3.04. The fourth-order valence-electron chi connectivity index (χ4n) is 2.99. The molecule has 0 aromatic heterocycles. The van der Waals surface area contributed by atoms with Crippen LogP contribution in [0.3, 0.4) is 0 Å². The number of benzene rings is 1. The van der Waals surface area contributed by atoms with Gasteiger partial charge in [0.1, 0.15) is 0 Å². The van der Waals surface area contributed by atoms with E-state index in [1.807, 2.05) is 47.2 Å². The Labute approximate surface area is 175 Å². The van der Waals surface area contributed by atoms with Crippen molar-refractivity contribution in [1.29, 1.82) is 0 Å². The van der Waals surface area contributed by atoms with E-state index in [2.05, 4.69) is 27.8 Å². The normalized spacial score (nSPS) is 15.8. The number of carbonyl (C=O) groups excluding carboxylic acids is 1. The molecule has 0 atom stereocenters. The van der Waals surface area contributed by atoms with Gasteiger partial charge in [-0.05, 0) is 0 Å². The molecule has 0 bridgehead atoms. The molecule has 1 amide bonds. The number of aliphatic hydroxyl groups excluding tert-OH is 1. The van der Waals surface area contributed by atoms with Crippen molar-refractivity contribution in [3.8, 4) is 0 Å². The first-order valence-corrected chi connectivity index (χ1v) is 10.8. The van der Waals surface area contributed by atoms with E-state index >= 15 is 0 Å². The van der Waals surface area contributed by atoms with Gasteiger partial charge in [0, 0.05) is 0 Å². The molecule has 6 nitrogen and oxygen atoms in total. The second kappa shape index (κ2) is 12.0. The number of hydrogen-bond acceptors (Lipinski definition) is 5. The number of rotatable bonds is 12. The molecule has 1 aromatic rings. The molecule has 1 fully saturated rings. The van der Waals surface area contributed by atoms with Crippen LogP contribution in [-0.2, 0) is 9.53 Å². The Kier molecular flexibility index (Phi) is 9.71. The molecule has 1 saturated heterocycles. The van der Waals surface area contributed by atoms with Crippen molar-refractivity contribution in [1.82, 2.24) is 9.80 Å². The number of hydrogen-bond donors (Lipinski definition) is 2. The molecule has 0 saturated carbocycles. The molecule has 0 spiro atoms. The third-order valence-electron chi connectivity index (χ3n) is 4.60. The topological polar surface area (TPSA) is 65.0 Å². The van der Waals surface area contributed by atoms with Crippen LogP contribution in [0.2, 0.25) is 0 Å². The number of nitrogens with zero attached hydrogens (tertiary/aromatic N) is 2. The van der Waals surface area contributed by atoms with E-state index in [1.54, 1.807) is 0 Å². The van der Waals surface area contributed by atoms with Crippen molar-refractivity contribution < 1.29 is 14.6 Å². The summed E-state index contributed by atoms with van der Waals surface area (Å²) in [7, 11) is 1.92. The van der Waals surface area contributed by atoms with Gasteiger partial charge in [0.25, 0.3) is 0 Å². The molecule has 0 aliphatic carbocycles. The predicted octanol–water partition coefficient (Wildman–Crippen LogP) is 2.06. The minimum absolute atomic E-state index is 0.0430. The van der Waals surface area contributed by atoms with Gasteiger partial charge in [-0.15, -0.1) is 0 Å². The third-order valence-corrected chi connectivity index (χ3v) is 5.64. The zero-order valence-electron chi connectivity index (χ0n) is 16.8. The van der Waals surface area contributed by atoms with Crippen LogP contribution in [0.4, 0.5) is 5.69 Å². The second-order valence-electron chi connectivity index (χ2n) is 6.77. The quantitative estimate of drug-likeness (QED) is 0.289. The van der Waals surface area contributed by atoms with Crippen molar-refractivity contribution in [2.24, 2.45) is 0 Å². The van der Waals surface area contributed by atoms with E-state index in [4.69, 9.17) is 9.84 Å². The van der Waals surface area contributed by atoms with Crippen LogP contribution >= 0.6 is 0 Å². The number of amides is 1. The Bertz CT molecular complexity index is 676. The molecule has 0 unspecified atom stereocenters. The van der Waals surface area contributed by atoms with Crippen LogP contribution in [0, 0.1) is 0 Å². The van der Waals surface area contributed by atoms with Crippen LogP contribution in [-0.4, -0.2) is 81.0 Å². The van der Waals surface area contributed by atoms with Crippen molar-refractivity contribution in [3.63, 3.8) is 0 Å². The minimum atomic E-state index is 0.0430. The van der Waals surface area contributed by atoms with Crippen molar-refractivity contribution in [3.05, 3.63) is 35.5 Å². The van der Waals surface area contributed by atoms with E-state index in [9.17, 15) is 4.79 Å². The molecule has 28 heavy (non-hydrogen) atoms. The Morgan fingerprint density at radius 2 is 1.93 bits per heavy atom. The summed E-state index contributed by atoms with van der Waals surface area (Å²) in [4.78, 5) is 16.6.